The molecule has 2 heterocycles. The second-order valence-corrected chi connectivity index (χ2v) is 12.0. The van der Waals surface area contributed by atoms with E-state index in [-0.39, 0.29) is 0 Å². The Morgan fingerprint density at radius 2 is 0.738 bits per heavy atom. The Balaban J connectivity index is 1.28. The maximum Gasteiger partial charge on any atom is 0.123 e. The van der Waals surface area contributed by atoms with Crippen LogP contribution in [0.1, 0.15) is 0 Å². The van der Waals surface area contributed by atoms with Crippen LogP contribution < -0.4 is 0 Å². The fraction of sp³-hybridized carbons (Fsp3) is 0. The zero-order chi connectivity index (χ0) is 27.9. The molecule has 8 rings (SSSR count). The molecule has 8 aromatic rings. The third-order valence-electron chi connectivity index (χ3n) is 7.84. The summed E-state index contributed by atoms with van der Waals surface area (Å²) in [6.45, 7) is 0. The van der Waals surface area contributed by atoms with Crippen molar-refractivity contribution in [2.75, 3.05) is 0 Å². The van der Waals surface area contributed by atoms with E-state index in [1.165, 1.54) is 54.9 Å². The SMILES string of the molecule is c1cc(-c2nccs2)cc(-c2ccc(-c3ccc(-c4cccc(-c5nccs5)c4)c4ccccc34)c3ccccc23)c1. The van der Waals surface area contributed by atoms with Crippen molar-refractivity contribution in [2.45, 2.75) is 0 Å². The highest BCUT2D eigenvalue weighted by Crippen LogP contribution is 2.41. The van der Waals surface area contributed by atoms with Crippen LogP contribution in [0.25, 0.3) is 76.1 Å². The van der Waals surface area contributed by atoms with E-state index in [2.05, 4.69) is 131 Å². The Labute approximate surface area is 252 Å². The first-order chi connectivity index (χ1) is 20.8. The van der Waals surface area contributed by atoms with Crippen LogP contribution in [0.5, 0.6) is 0 Å². The molecule has 0 atom stereocenters. The highest BCUT2D eigenvalue weighted by molar-refractivity contribution is 7.13. The Morgan fingerprint density at radius 1 is 0.357 bits per heavy atom. The van der Waals surface area contributed by atoms with Gasteiger partial charge < -0.3 is 0 Å². The molecule has 0 spiro atoms. The minimum absolute atomic E-state index is 1.04. The van der Waals surface area contributed by atoms with E-state index in [1.54, 1.807) is 22.7 Å². The highest BCUT2D eigenvalue weighted by Gasteiger charge is 2.15. The predicted molar refractivity (Wildman–Crippen MR) is 180 cm³/mol. The van der Waals surface area contributed by atoms with Crippen LogP contribution in [-0.4, -0.2) is 9.97 Å². The zero-order valence-corrected chi connectivity index (χ0v) is 24.2. The second kappa shape index (κ2) is 10.5. The van der Waals surface area contributed by atoms with E-state index in [0.29, 0.717) is 0 Å². The lowest BCUT2D eigenvalue weighted by molar-refractivity contribution is 1.41. The molecule has 0 bridgehead atoms. The zero-order valence-electron chi connectivity index (χ0n) is 22.6. The molecule has 42 heavy (non-hydrogen) atoms. The molecular weight excluding hydrogens is 549 g/mol. The van der Waals surface area contributed by atoms with Crippen LogP contribution in [0, 0.1) is 0 Å². The number of hydrogen-bond acceptors (Lipinski definition) is 4. The van der Waals surface area contributed by atoms with Gasteiger partial charge in [0.25, 0.3) is 0 Å². The summed E-state index contributed by atoms with van der Waals surface area (Å²) in [6.07, 6.45) is 3.73. The predicted octanol–water partition coefficient (Wildman–Crippen LogP) is 11.2. The fourth-order valence-corrected chi connectivity index (χ4v) is 7.21. The van der Waals surface area contributed by atoms with Crippen LogP contribution in [0.15, 0.2) is 144 Å². The molecule has 0 aliphatic rings. The number of hydrogen-bond donors (Lipinski definition) is 0. The summed E-state index contributed by atoms with van der Waals surface area (Å²) in [6, 6.07) is 44.1. The topological polar surface area (TPSA) is 25.8 Å². The molecular formula is C38H24N2S2. The van der Waals surface area contributed by atoms with Gasteiger partial charge >= 0.3 is 0 Å². The summed E-state index contributed by atoms with van der Waals surface area (Å²) in [5, 5.41) is 11.1. The molecule has 0 aliphatic carbocycles. The molecule has 2 aromatic heterocycles. The monoisotopic (exact) mass is 572 g/mol. The van der Waals surface area contributed by atoms with Crippen molar-refractivity contribution in [3.8, 4) is 54.5 Å². The molecule has 0 fully saturated rings. The average Bonchev–Trinajstić information content (AvgIpc) is 3.80. The van der Waals surface area contributed by atoms with Gasteiger partial charge in [0.1, 0.15) is 10.0 Å². The molecule has 0 unspecified atom stereocenters. The van der Waals surface area contributed by atoms with Gasteiger partial charge in [0.15, 0.2) is 0 Å². The van der Waals surface area contributed by atoms with Gasteiger partial charge in [-0.05, 0) is 67.1 Å². The van der Waals surface area contributed by atoms with Gasteiger partial charge in [-0.3, -0.25) is 0 Å². The van der Waals surface area contributed by atoms with E-state index in [4.69, 9.17) is 0 Å². The fourth-order valence-electron chi connectivity index (χ4n) is 5.94. The van der Waals surface area contributed by atoms with E-state index in [0.717, 1.165) is 21.1 Å². The van der Waals surface area contributed by atoms with Gasteiger partial charge in [-0.25, -0.2) is 9.97 Å². The second-order valence-electron chi connectivity index (χ2n) is 10.2. The summed E-state index contributed by atoms with van der Waals surface area (Å²) in [7, 11) is 0. The van der Waals surface area contributed by atoms with Crippen LogP contribution in [0.4, 0.5) is 0 Å². The molecule has 0 amide bonds. The van der Waals surface area contributed by atoms with Crippen LogP contribution >= 0.6 is 22.7 Å². The molecule has 4 heteroatoms. The van der Waals surface area contributed by atoms with Gasteiger partial charge in [-0.1, -0.05) is 109 Å². The number of thiazole rings is 2. The molecule has 0 N–H and O–H groups in total. The molecule has 2 nitrogen and oxygen atoms in total. The minimum Gasteiger partial charge on any atom is -0.245 e. The lowest BCUT2D eigenvalue weighted by atomic mass is 9.88. The first-order valence-corrected chi connectivity index (χ1v) is 15.6. The standard InChI is InChI=1S/C38H24N2S2/c1-3-13-33-31(11-1)29(25-7-5-9-27(23-25)37-39-19-21-41-37)15-17-35(33)36-18-16-30(32-12-2-4-14-34(32)36)26-8-6-10-28(24-26)38-40-20-22-42-38/h1-24H. The molecule has 0 saturated heterocycles. The van der Waals surface area contributed by atoms with Gasteiger partial charge in [-0.2, -0.15) is 0 Å². The molecule has 0 radical (unpaired) electrons. The quantitative estimate of drug-likeness (QED) is 0.205. The third kappa shape index (κ3) is 4.33. The van der Waals surface area contributed by atoms with Crippen LogP contribution in [-0.2, 0) is 0 Å². The summed E-state index contributed by atoms with van der Waals surface area (Å²) in [5.41, 5.74) is 9.64. The summed E-state index contributed by atoms with van der Waals surface area (Å²) in [5.74, 6) is 0. The Morgan fingerprint density at radius 3 is 1.14 bits per heavy atom. The first-order valence-electron chi connectivity index (χ1n) is 13.9. The number of nitrogens with zero attached hydrogens (tertiary/aromatic N) is 2. The van der Waals surface area contributed by atoms with Crippen molar-refractivity contribution in [1.82, 2.24) is 9.97 Å². The largest absolute Gasteiger partial charge is 0.245 e. The summed E-state index contributed by atoms with van der Waals surface area (Å²) < 4.78 is 0. The van der Waals surface area contributed by atoms with Crippen molar-refractivity contribution >= 4 is 44.2 Å². The van der Waals surface area contributed by atoms with E-state index in [9.17, 15) is 0 Å². The lowest BCUT2D eigenvalue weighted by Crippen LogP contribution is -1.90. The molecule has 0 saturated carbocycles. The van der Waals surface area contributed by atoms with E-state index >= 15 is 0 Å². The Kier molecular flexibility index (Phi) is 6.21. The first kappa shape index (κ1) is 24.9. The van der Waals surface area contributed by atoms with Gasteiger partial charge in [-0.15, -0.1) is 22.7 Å². The Hall–Kier alpha value is -4.90. The number of benzene rings is 6. The highest BCUT2D eigenvalue weighted by atomic mass is 32.1. The molecule has 6 aromatic carbocycles. The van der Waals surface area contributed by atoms with Crippen molar-refractivity contribution in [3.05, 3.63) is 144 Å². The third-order valence-corrected chi connectivity index (χ3v) is 9.49. The Bertz CT molecular complexity index is 2040. The summed E-state index contributed by atoms with van der Waals surface area (Å²) in [4.78, 5) is 9.06. The van der Waals surface area contributed by atoms with Crippen LogP contribution in [0.2, 0.25) is 0 Å². The van der Waals surface area contributed by atoms with E-state index < -0.39 is 0 Å². The minimum atomic E-state index is 1.04. The van der Waals surface area contributed by atoms with Gasteiger partial charge in [0.2, 0.25) is 0 Å². The van der Waals surface area contributed by atoms with Gasteiger partial charge in [0.05, 0.1) is 0 Å². The number of aromatic nitrogens is 2. The summed E-state index contributed by atoms with van der Waals surface area (Å²) >= 11 is 3.34. The van der Waals surface area contributed by atoms with Crippen molar-refractivity contribution < 1.29 is 0 Å². The molecule has 198 valence electrons. The van der Waals surface area contributed by atoms with Crippen molar-refractivity contribution in [2.24, 2.45) is 0 Å². The maximum absolute atomic E-state index is 4.53. The number of rotatable bonds is 5. The van der Waals surface area contributed by atoms with Crippen molar-refractivity contribution in [3.63, 3.8) is 0 Å². The van der Waals surface area contributed by atoms with Crippen LogP contribution in [0.3, 0.4) is 0 Å². The van der Waals surface area contributed by atoms with Crippen molar-refractivity contribution in [1.29, 1.82) is 0 Å². The number of fused-ring (bicyclic) bond motifs is 2. The average molecular weight is 573 g/mol. The van der Waals surface area contributed by atoms with Gasteiger partial charge in [0, 0.05) is 34.3 Å². The maximum atomic E-state index is 4.53. The molecule has 0 aliphatic heterocycles. The lowest BCUT2D eigenvalue weighted by Gasteiger charge is -2.16. The smallest absolute Gasteiger partial charge is 0.123 e. The normalized spacial score (nSPS) is 11.3. The van der Waals surface area contributed by atoms with E-state index in [1.807, 2.05) is 23.2 Å².